The number of para-hydroxylation sites is 1. The minimum absolute atomic E-state index is 0.0146. The molecule has 0 aliphatic rings. The van der Waals surface area contributed by atoms with E-state index in [9.17, 15) is 9.59 Å². The van der Waals surface area contributed by atoms with Crippen LogP contribution >= 0.6 is 0 Å². The second-order valence-corrected chi connectivity index (χ2v) is 6.30. The van der Waals surface area contributed by atoms with Crippen LogP contribution in [-0.2, 0) is 11.2 Å². The molecule has 1 amide bonds. The van der Waals surface area contributed by atoms with Crippen LogP contribution in [-0.4, -0.2) is 16.7 Å². The molecular formula is C22H22N2O2. The molecular weight excluding hydrogens is 324 g/mol. The van der Waals surface area contributed by atoms with E-state index in [1.807, 2.05) is 54.6 Å². The van der Waals surface area contributed by atoms with Gasteiger partial charge in [0.15, 0.2) is 5.78 Å². The Kier molecular flexibility index (Phi) is 5.74. The van der Waals surface area contributed by atoms with E-state index in [0.717, 1.165) is 23.7 Å². The zero-order valence-electron chi connectivity index (χ0n) is 14.9. The van der Waals surface area contributed by atoms with Crippen LogP contribution in [0, 0.1) is 0 Å². The monoisotopic (exact) mass is 346 g/mol. The third kappa shape index (κ3) is 4.33. The van der Waals surface area contributed by atoms with Crippen LogP contribution in [0.25, 0.3) is 10.9 Å². The quantitative estimate of drug-likeness (QED) is 0.626. The molecule has 0 bridgehead atoms. The Morgan fingerprint density at radius 2 is 1.73 bits per heavy atom. The highest BCUT2D eigenvalue weighted by atomic mass is 16.2. The minimum Gasteiger partial charge on any atom is -0.324 e. The molecule has 0 saturated heterocycles. The summed E-state index contributed by atoms with van der Waals surface area (Å²) in [6, 6.07) is 17.1. The number of pyridine rings is 1. The van der Waals surface area contributed by atoms with E-state index in [4.69, 9.17) is 0 Å². The van der Waals surface area contributed by atoms with Crippen molar-refractivity contribution in [3.8, 4) is 0 Å². The molecule has 0 saturated carbocycles. The Hall–Kier alpha value is -3.01. The van der Waals surface area contributed by atoms with E-state index in [1.54, 1.807) is 6.20 Å². The highest BCUT2D eigenvalue weighted by Crippen LogP contribution is 2.21. The number of ketones is 1. The van der Waals surface area contributed by atoms with Gasteiger partial charge in [0.1, 0.15) is 0 Å². The van der Waals surface area contributed by atoms with Crippen molar-refractivity contribution in [1.82, 2.24) is 4.98 Å². The van der Waals surface area contributed by atoms with Gasteiger partial charge in [-0.25, -0.2) is 0 Å². The van der Waals surface area contributed by atoms with Gasteiger partial charge in [-0.2, -0.15) is 0 Å². The summed E-state index contributed by atoms with van der Waals surface area (Å²) >= 11 is 0. The van der Waals surface area contributed by atoms with E-state index >= 15 is 0 Å². The van der Waals surface area contributed by atoms with Crippen LogP contribution in [0.2, 0.25) is 0 Å². The van der Waals surface area contributed by atoms with Gasteiger partial charge in [0, 0.05) is 30.0 Å². The van der Waals surface area contributed by atoms with Crippen molar-refractivity contribution in [2.45, 2.75) is 32.6 Å². The Morgan fingerprint density at radius 3 is 2.50 bits per heavy atom. The molecule has 0 fully saturated rings. The average Bonchev–Trinajstić information content (AvgIpc) is 2.67. The average molecular weight is 346 g/mol. The van der Waals surface area contributed by atoms with Crippen LogP contribution in [0.1, 0.15) is 42.1 Å². The van der Waals surface area contributed by atoms with Gasteiger partial charge >= 0.3 is 0 Å². The minimum atomic E-state index is -0.181. The van der Waals surface area contributed by atoms with Crippen molar-refractivity contribution in [3.05, 3.63) is 71.9 Å². The topological polar surface area (TPSA) is 59.1 Å². The van der Waals surface area contributed by atoms with Gasteiger partial charge in [0.05, 0.1) is 11.2 Å². The van der Waals surface area contributed by atoms with Crippen molar-refractivity contribution in [2.24, 2.45) is 0 Å². The Balaban J connectivity index is 1.59. The van der Waals surface area contributed by atoms with Crippen LogP contribution in [0.3, 0.4) is 0 Å². The number of nitrogens with zero attached hydrogens (tertiary/aromatic N) is 1. The first-order chi connectivity index (χ1) is 12.7. The van der Waals surface area contributed by atoms with Crippen molar-refractivity contribution in [1.29, 1.82) is 0 Å². The molecule has 26 heavy (non-hydrogen) atoms. The van der Waals surface area contributed by atoms with Crippen molar-refractivity contribution in [2.75, 3.05) is 5.32 Å². The summed E-state index contributed by atoms with van der Waals surface area (Å²) < 4.78 is 0. The molecule has 4 heteroatoms. The highest BCUT2D eigenvalue weighted by molar-refractivity contribution is 6.03. The summed E-state index contributed by atoms with van der Waals surface area (Å²) in [6.07, 6.45) is 4.13. The molecule has 4 nitrogen and oxygen atoms in total. The number of rotatable bonds is 7. The summed E-state index contributed by atoms with van der Waals surface area (Å²) in [5, 5.41) is 3.83. The molecule has 0 aliphatic carbocycles. The van der Waals surface area contributed by atoms with Crippen LogP contribution in [0.5, 0.6) is 0 Å². The molecule has 1 heterocycles. The third-order valence-electron chi connectivity index (χ3n) is 4.30. The fourth-order valence-corrected chi connectivity index (χ4v) is 2.94. The SMILES string of the molecule is CCCc1ccc(C(=O)CCC(=O)Nc2cccc3cccnc23)cc1. The molecule has 3 aromatic rings. The van der Waals surface area contributed by atoms with Crippen LogP contribution in [0.4, 0.5) is 5.69 Å². The molecule has 132 valence electrons. The molecule has 0 radical (unpaired) electrons. The van der Waals surface area contributed by atoms with Gasteiger partial charge in [-0.3, -0.25) is 14.6 Å². The zero-order valence-corrected chi connectivity index (χ0v) is 14.9. The Labute approximate surface area is 153 Å². The molecule has 2 aromatic carbocycles. The van der Waals surface area contributed by atoms with Gasteiger partial charge in [-0.1, -0.05) is 55.8 Å². The van der Waals surface area contributed by atoms with Crippen molar-refractivity contribution in [3.63, 3.8) is 0 Å². The van der Waals surface area contributed by atoms with Crippen molar-refractivity contribution < 1.29 is 9.59 Å². The maximum atomic E-state index is 12.3. The lowest BCUT2D eigenvalue weighted by Crippen LogP contribution is -2.14. The number of aromatic nitrogens is 1. The molecule has 1 aromatic heterocycles. The van der Waals surface area contributed by atoms with E-state index in [1.165, 1.54) is 5.56 Å². The van der Waals surface area contributed by atoms with Crippen LogP contribution in [0.15, 0.2) is 60.8 Å². The predicted molar refractivity (Wildman–Crippen MR) is 104 cm³/mol. The number of anilines is 1. The Bertz CT molecular complexity index is 912. The maximum Gasteiger partial charge on any atom is 0.224 e. The lowest BCUT2D eigenvalue weighted by Gasteiger charge is -2.08. The standard InChI is InChI=1S/C22H22N2O2/c1-2-5-16-9-11-17(12-10-16)20(25)13-14-21(26)24-19-8-3-6-18-7-4-15-23-22(18)19/h3-4,6-12,15H,2,5,13-14H2,1H3,(H,24,26). The van der Waals surface area contributed by atoms with Gasteiger partial charge in [0.2, 0.25) is 5.91 Å². The summed E-state index contributed by atoms with van der Waals surface area (Å²) in [5.41, 5.74) is 3.31. The van der Waals surface area contributed by atoms with Gasteiger partial charge in [-0.05, 0) is 24.1 Å². The highest BCUT2D eigenvalue weighted by Gasteiger charge is 2.11. The largest absolute Gasteiger partial charge is 0.324 e. The first-order valence-electron chi connectivity index (χ1n) is 8.93. The normalized spacial score (nSPS) is 10.7. The lowest BCUT2D eigenvalue weighted by atomic mass is 10.0. The lowest BCUT2D eigenvalue weighted by molar-refractivity contribution is -0.116. The van der Waals surface area contributed by atoms with Gasteiger partial charge in [0.25, 0.3) is 0 Å². The molecule has 0 atom stereocenters. The molecule has 0 aliphatic heterocycles. The smallest absolute Gasteiger partial charge is 0.224 e. The van der Waals surface area contributed by atoms with Crippen LogP contribution < -0.4 is 5.32 Å². The fourth-order valence-electron chi connectivity index (χ4n) is 2.94. The van der Waals surface area contributed by atoms with Gasteiger partial charge in [-0.15, -0.1) is 0 Å². The summed E-state index contributed by atoms with van der Waals surface area (Å²) in [5.74, 6) is -0.196. The van der Waals surface area contributed by atoms with Crippen molar-refractivity contribution >= 4 is 28.3 Å². The number of benzene rings is 2. The van der Waals surface area contributed by atoms with E-state index < -0.39 is 0 Å². The molecule has 0 spiro atoms. The first kappa shape index (κ1) is 17.8. The number of aryl methyl sites for hydroxylation is 1. The number of hydrogen-bond acceptors (Lipinski definition) is 3. The summed E-state index contributed by atoms with van der Waals surface area (Å²) in [4.78, 5) is 28.8. The van der Waals surface area contributed by atoms with Gasteiger partial charge < -0.3 is 5.32 Å². The second-order valence-electron chi connectivity index (χ2n) is 6.30. The second kappa shape index (κ2) is 8.39. The van der Waals surface area contributed by atoms with E-state index in [2.05, 4.69) is 17.2 Å². The van der Waals surface area contributed by atoms with E-state index in [0.29, 0.717) is 11.3 Å². The number of hydrogen-bond donors (Lipinski definition) is 1. The molecule has 0 unspecified atom stereocenters. The molecule has 1 N–H and O–H groups in total. The third-order valence-corrected chi connectivity index (χ3v) is 4.30. The maximum absolute atomic E-state index is 12.3. The number of carbonyl (C=O) groups excluding carboxylic acids is 2. The molecule has 3 rings (SSSR count). The van der Waals surface area contributed by atoms with E-state index in [-0.39, 0.29) is 24.5 Å². The fraction of sp³-hybridized carbons (Fsp3) is 0.227. The Morgan fingerprint density at radius 1 is 0.962 bits per heavy atom. The zero-order chi connectivity index (χ0) is 18.4. The summed E-state index contributed by atoms with van der Waals surface area (Å²) in [7, 11) is 0. The summed E-state index contributed by atoms with van der Waals surface area (Å²) in [6.45, 7) is 2.13. The number of carbonyl (C=O) groups is 2. The predicted octanol–water partition coefficient (Wildman–Crippen LogP) is 4.79. The first-order valence-corrected chi connectivity index (χ1v) is 8.93. The number of Topliss-reactive ketones (excluding diaryl/α,β-unsaturated/α-hetero) is 1. The number of amides is 1. The number of nitrogens with one attached hydrogen (secondary N) is 1. The number of fused-ring (bicyclic) bond motifs is 1.